The summed E-state index contributed by atoms with van der Waals surface area (Å²) < 4.78 is 33.1. The molecule has 0 aliphatic carbocycles. The second-order valence-electron chi connectivity index (χ2n) is 8.62. The molecule has 1 N–H and O–H groups in total. The van der Waals surface area contributed by atoms with Crippen molar-refractivity contribution >= 4 is 27.3 Å². The molecule has 3 aromatic rings. The van der Waals surface area contributed by atoms with E-state index >= 15 is 0 Å². The number of nitrogens with one attached hydrogen (secondary N) is 1. The normalized spacial score (nSPS) is 12.1. The van der Waals surface area contributed by atoms with Gasteiger partial charge in [0.1, 0.15) is 12.3 Å². The molecule has 0 saturated heterocycles. The Kier molecular flexibility index (Phi) is 8.65. The topological polar surface area (TPSA) is 119 Å². The Labute approximate surface area is 210 Å². The molecule has 1 atom stereocenters. The van der Waals surface area contributed by atoms with E-state index in [0.29, 0.717) is 12.2 Å². The molecule has 0 aromatic heterocycles. The first-order chi connectivity index (χ1) is 17.1. The molecule has 9 nitrogen and oxygen atoms in total. The third kappa shape index (κ3) is 6.60. The standard InChI is InChI=1S/C26H29N3O6S/c1-19(2)16-25(20-12-14-23(35-3)15-13-20)27-26(30)18-28(21-8-7-9-22(17-21)29(31)32)36(33,34)24-10-5-4-6-11-24/h4-15,17,19,25H,16,18H2,1-3H3,(H,27,30)/t25-/m1/s1. The van der Waals surface area contributed by atoms with Gasteiger partial charge in [0.2, 0.25) is 5.91 Å². The van der Waals surface area contributed by atoms with Gasteiger partial charge in [-0.1, -0.05) is 50.2 Å². The number of nitro groups is 1. The van der Waals surface area contributed by atoms with Gasteiger partial charge in [0, 0.05) is 12.1 Å². The van der Waals surface area contributed by atoms with Gasteiger partial charge in [-0.05, 0) is 48.2 Å². The predicted molar refractivity (Wildman–Crippen MR) is 137 cm³/mol. The Morgan fingerprint density at radius 3 is 2.28 bits per heavy atom. The number of hydrogen-bond acceptors (Lipinski definition) is 6. The highest BCUT2D eigenvalue weighted by Crippen LogP contribution is 2.28. The summed E-state index contributed by atoms with van der Waals surface area (Å²) in [5, 5.41) is 14.3. The molecule has 0 aliphatic heterocycles. The molecule has 0 fully saturated rings. The Hall–Kier alpha value is -3.92. The molecule has 0 heterocycles. The molecule has 0 saturated carbocycles. The maximum atomic E-state index is 13.5. The first-order valence-corrected chi connectivity index (χ1v) is 12.8. The third-order valence-corrected chi connectivity index (χ3v) is 7.30. The van der Waals surface area contributed by atoms with Crippen molar-refractivity contribution in [1.82, 2.24) is 5.32 Å². The minimum atomic E-state index is -4.19. The lowest BCUT2D eigenvalue weighted by molar-refractivity contribution is -0.384. The van der Waals surface area contributed by atoms with Gasteiger partial charge in [0.25, 0.3) is 15.7 Å². The van der Waals surface area contributed by atoms with Crippen LogP contribution in [0.5, 0.6) is 5.75 Å². The summed E-state index contributed by atoms with van der Waals surface area (Å²) >= 11 is 0. The molecule has 0 radical (unpaired) electrons. The number of carbonyl (C=O) groups is 1. The van der Waals surface area contributed by atoms with Crippen LogP contribution in [0.3, 0.4) is 0 Å². The molecule has 36 heavy (non-hydrogen) atoms. The number of benzene rings is 3. The molecule has 3 aromatic carbocycles. The number of carbonyl (C=O) groups excluding carboxylic acids is 1. The fourth-order valence-corrected chi connectivity index (χ4v) is 5.19. The summed E-state index contributed by atoms with van der Waals surface area (Å²) in [6.45, 7) is 3.50. The Morgan fingerprint density at radius 1 is 1.03 bits per heavy atom. The number of ether oxygens (including phenoxy) is 1. The van der Waals surface area contributed by atoms with E-state index in [0.717, 1.165) is 15.9 Å². The molecule has 190 valence electrons. The minimum Gasteiger partial charge on any atom is -0.497 e. The van der Waals surface area contributed by atoms with E-state index < -0.39 is 27.4 Å². The highest BCUT2D eigenvalue weighted by Gasteiger charge is 2.29. The Bertz CT molecular complexity index is 1290. The fourth-order valence-electron chi connectivity index (χ4n) is 3.75. The zero-order valence-corrected chi connectivity index (χ0v) is 21.1. The molecule has 10 heteroatoms. The molecule has 3 rings (SSSR count). The van der Waals surface area contributed by atoms with Crippen LogP contribution in [0, 0.1) is 16.0 Å². The highest BCUT2D eigenvalue weighted by atomic mass is 32.2. The zero-order chi connectivity index (χ0) is 26.3. The van der Waals surface area contributed by atoms with Gasteiger partial charge in [-0.25, -0.2) is 8.42 Å². The van der Waals surface area contributed by atoms with Gasteiger partial charge in [-0.15, -0.1) is 0 Å². The van der Waals surface area contributed by atoms with Crippen molar-refractivity contribution < 1.29 is 22.9 Å². The van der Waals surface area contributed by atoms with Crippen LogP contribution < -0.4 is 14.4 Å². The Balaban J connectivity index is 1.95. The molecule has 0 aliphatic rings. The number of nitro benzene ring substituents is 1. The van der Waals surface area contributed by atoms with Crippen LogP contribution in [0.15, 0.2) is 83.8 Å². The molecule has 0 spiro atoms. The number of nitrogens with zero attached hydrogens (tertiary/aromatic N) is 2. The van der Waals surface area contributed by atoms with Gasteiger partial charge in [-0.2, -0.15) is 0 Å². The molecular weight excluding hydrogens is 482 g/mol. The molecule has 0 bridgehead atoms. The van der Waals surface area contributed by atoms with Crippen molar-refractivity contribution in [3.8, 4) is 5.75 Å². The van der Waals surface area contributed by atoms with Crippen LogP contribution in [0.1, 0.15) is 31.9 Å². The van der Waals surface area contributed by atoms with Crippen LogP contribution >= 0.6 is 0 Å². The van der Waals surface area contributed by atoms with Crippen LogP contribution in [0.2, 0.25) is 0 Å². The Morgan fingerprint density at radius 2 is 1.69 bits per heavy atom. The molecular formula is C26H29N3O6S. The number of amides is 1. The second kappa shape index (κ2) is 11.7. The van der Waals surface area contributed by atoms with Gasteiger partial charge in [0.15, 0.2) is 0 Å². The number of hydrogen-bond donors (Lipinski definition) is 1. The average Bonchev–Trinajstić information content (AvgIpc) is 2.87. The van der Waals surface area contributed by atoms with E-state index in [1.807, 2.05) is 26.0 Å². The van der Waals surface area contributed by atoms with E-state index in [-0.39, 0.29) is 28.2 Å². The summed E-state index contributed by atoms with van der Waals surface area (Å²) in [5.41, 5.74) is 0.593. The monoisotopic (exact) mass is 511 g/mol. The van der Waals surface area contributed by atoms with Crippen molar-refractivity contribution in [2.45, 2.75) is 31.2 Å². The van der Waals surface area contributed by atoms with Crippen molar-refractivity contribution in [3.05, 3.63) is 94.5 Å². The van der Waals surface area contributed by atoms with Gasteiger partial charge >= 0.3 is 0 Å². The number of anilines is 1. The highest BCUT2D eigenvalue weighted by molar-refractivity contribution is 7.92. The van der Waals surface area contributed by atoms with Crippen molar-refractivity contribution in [2.75, 3.05) is 18.0 Å². The van der Waals surface area contributed by atoms with Crippen molar-refractivity contribution in [2.24, 2.45) is 5.92 Å². The SMILES string of the molecule is COc1ccc([C@@H](CC(C)C)NC(=O)CN(c2cccc([N+](=O)[O-])c2)S(=O)(=O)c2ccccc2)cc1. The summed E-state index contributed by atoms with van der Waals surface area (Å²) in [6.07, 6.45) is 0.625. The number of rotatable bonds is 11. The average molecular weight is 512 g/mol. The van der Waals surface area contributed by atoms with Crippen LogP contribution in [-0.2, 0) is 14.8 Å². The minimum absolute atomic E-state index is 0.0214. The number of non-ortho nitro benzene ring substituents is 1. The quantitative estimate of drug-likeness (QED) is 0.294. The number of methoxy groups -OCH3 is 1. The van der Waals surface area contributed by atoms with E-state index in [1.165, 1.54) is 30.3 Å². The first kappa shape index (κ1) is 26.7. The maximum absolute atomic E-state index is 13.5. The largest absolute Gasteiger partial charge is 0.497 e. The summed E-state index contributed by atoms with van der Waals surface area (Å²) in [4.78, 5) is 23.9. The lowest BCUT2D eigenvalue weighted by Crippen LogP contribution is -2.42. The van der Waals surface area contributed by atoms with E-state index in [4.69, 9.17) is 4.74 Å². The van der Waals surface area contributed by atoms with E-state index in [9.17, 15) is 23.3 Å². The van der Waals surface area contributed by atoms with Gasteiger partial charge in [-0.3, -0.25) is 19.2 Å². The van der Waals surface area contributed by atoms with E-state index in [2.05, 4.69) is 5.32 Å². The first-order valence-electron chi connectivity index (χ1n) is 11.4. The molecule has 0 unspecified atom stereocenters. The van der Waals surface area contributed by atoms with Crippen LogP contribution in [0.25, 0.3) is 0 Å². The smallest absolute Gasteiger partial charge is 0.271 e. The summed E-state index contributed by atoms with van der Waals surface area (Å²) in [7, 11) is -2.62. The maximum Gasteiger partial charge on any atom is 0.271 e. The van der Waals surface area contributed by atoms with Gasteiger partial charge < -0.3 is 10.1 Å². The predicted octanol–water partition coefficient (Wildman–Crippen LogP) is 4.70. The zero-order valence-electron chi connectivity index (χ0n) is 20.3. The van der Waals surface area contributed by atoms with Crippen LogP contribution in [0.4, 0.5) is 11.4 Å². The van der Waals surface area contributed by atoms with Crippen LogP contribution in [-0.4, -0.2) is 32.9 Å². The second-order valence-corrected chi connectivity index (χ2v) is 10.5. The number of sulfonamides is 1. The fraction of sp³-hybridized carbons (Fsp3) is 0.269. The van der Waals surface area contributed by atoms with Gasteiger partial charge in [0.05, 0.1) is 28.7 Å². The van der Waals surface area contributed by atoms with E-state index in [1.54, 1.807) is 37.4 Å². The third-order valence-electron chi connectivity index (χ3n) is 5.51. The van der Waals surface area contributed by atoms with Crippen molar-refractivity contribution in [3.63, 3.8) is 0 Å². The summed E-state index contributed by atoms with van der Waals surface area (Å²) in [5.74, 6) is 0.389. The summed E-state index contributed by atoms with van der Waals surface area (Å²) in [6, 6.07) is 19.8. The van der Waals surface area contributed by atoms with Crippen molar-refractivity contribution in [1.29, 1.82) is 0 Å². The lowest BCUT2D eigenvalue weighted by atomic mass is 9.97. The lowest BCUT2D eigenvalue weighted by Gasteiger charge is -2.26. The molecule has 1 amide bonds.